The van der Waals surface area contributed by atoms with Crippen LogP contribution < -0.4 is 15.5 Å². The van der Waals surface area contributed by atoms with E-state index in [0.29, 0.717) is 12.1 Å². The summed E-state index contributed by atoms with van der Waals surface area (Å²) < 4.78 is 0. The largest absolute Gasteiger partial charge is 0.341 e. The van der Waals surface area contributed by atoms with E-state index in [1.807, 2.05) is 6.07 Å². The maximum absolute atomic E-state index is 12.4. The lowest BCUT2D eigenvalue weighted by molar-refractivity contribution is 0.178. The quantitative estimate of drug-likeness (QED) is 0.866. The minimum Gasteiger partial charge on any atom is -0.341 e. The molecule has 0 aliphatic carbocycles. The number of nitrogens with zero attached hydrogens (tertiary/aromatic N) is 4. The molecule has 2 amide bonds. The van der Waals surface area contributed by atoms with Gasteiger partial charge >= 0.3 is 6.03 Å². The van der Waals surface area contributed by atoms with Crippen LogP contribution in [0.25, 0.3) is 0 Å². The van der Waals surface area contributed by atoms with Crippen LogP contribution in [0.15, 0.2) is 18.5 Å². The molecule has 3 saturated heterocycles. The Morgan fingerprint density at radius 3 is 2.56 bits per heavy atom. The number of carbonyl (C=O) groups is 1. The van der Waals surface area contributed by atoms with Crippen molar-refractivity contribution in [2.45, 2.75) is 56.7 Å². The number of rotatable bonds is 3. The molecule has 0 aromatic carbocycles. The third-order valence-corrected chi connectivity index (χ3v) is 5.84. The van der Waals surface area contributed by atoms with E-state index < -0.39 is 0 Å². The van der Waals surface area contributed by atoms with Gasteiger partial charge in [-0.1, -0.05) is 6.42 Å². The van der Waals surface area contributed by atoms with Gasteiger partial charge in [-0.2, -0.15) is 0 Å². The predicted octanol–water partition coefficient (Wildman–Crippen LogP) is 1.37. The Balaban J connectivity index is 1.23. The van der Waals surface area contributed by atoms with Crippen LogP contribution in [0.3, 0.4) is 0 Å². The molecule has 1 aromatic rings. The van der Waals surface area contributed by atoms with Crippen LogP contribution >= 0.6 is 0 Å². The standard InChI is InChI=1S/C18H28N6O/c25-18(22-15-7-13-23-10-2-1-4-16(15)23)21-14-5-11-24(12-6-14)17-19-8-3-9-20-17/h3,8-9,14-16H,1-2,4-7,10-13H2,(H2,21,22,25)/t15-,16+/m0/s1. The molecular formula is C18H28N6O. The molecule has 7 heteroatoms. The normalized spacial score (nSPS) is 27.8. The first kappa shape index (κ1) is 16.6. The van der Waals surface area contributed by atoms with Gasteiger partial charge in [0, 0.05) is 50.2 Å². The number of anilines is 1. The highest BCUT2D eigenvalue weighted by Crippen LogP contribution is 2.27. The first-order chi connectivity index (χ1) is 12.3. The maximum Gasteiger partial charge on any atom is 0.315 e. The van der Waals surface area contributed by atoms with E-state index in [-0.39, 0.29) is 12.1 Å². The number of amides is 2. The van der Waals surface area contributed by atoms with Crippen LogP contribution in [0.2, 0.25) is 0 Å². The van der Waals surface area contributed by atoms with E-state index in [1.54, 1.807) is 12.4 Å². The number of hydrogen-bond donors (Lipinski definition) is 2. The Bertz CT molecular complexity index is 574. The van der Waals surface area contributed by atoms with Gasteiger partial charge in [0.1, 0.15) is 0 Å². The lowest BCUT2D eigenvalue weighted by Crippen LogP contribution is -2.53. The Kier molecular flexibility index (Phi) is 5.01. The first-order valence-corrected chi connectivity index (χ1v) is 9.62. The summed E-state index contributed by atoms with van der Waals surface area (Å²) in [5.41, 5.74) is 0. The van der Waals surface area contributed by atoms with Crippen molar-refractivity contribution < 1.29 is 4.79 Å². The lowest BCUT2D eigenvalue weighted by atomic mass is 9.99. The molecule has 0 radical (unpaired) electrons. The molecule has 2 N–H and O–H groups in total. The van der Waals surface area contributed by atoms with Crippen LogP contribution in [0.1, 0.15) is 38.5 Å². The summed E-state index contributed by atoms with van der Waals surface area (Å²) in [6.45, 7) is 4.10. The van der Waals surface area contributed by atoms with E-state index >= 15 is 0 Å². The number of hydrogen-bond acceptors (Lipinski definition) is 5. The molecule has 0 unspecified atom stereocenters. The van der Waals surface area contributed by atoms with Crippen LogP contribution in [-0.2, 0) is 0 Å². The minimum absolute atomic E-state index is 0.00633. The van der Waals surface area contributed by atoms with Gasteiger partial charge in [0.25, 0.3) is 0 Å². The number of urea groups is 1. The fourth-order valence-electron chi connectivity index (χ4n) is 4.49. The van der Waals surface area contributed by atoms with Crippen molar-refractivity contribution in [3.05, 3.63) is 18.5 Å². The van der Waals surface area contributed by atoms with E-state index in [1.165, 1.54) is 25.8 Å². The fourth-order valence-corrected chi connectivity index (χ4v) is 4.49. The van der Waals surface area contributed by atoms with Crippen molar-refractivity contribution in [3.8, 4) is 0 Å². The molecule has 7 nitrogen and oxygen atoms in total. The van der Waals surface area contributed by atoms with Crippen LogP contribution in [0.5, 0.6) is 0 Å². The Hall–Kier alpha value is -1.89. The zero-order valence-corrected chi connectivity index (χ0v) is 14.7. The average molecular weight is 344 g/mol. The van der Waals surface area contributed by atoms with Gasteiger partial charge < -0.3 is 15.5 Å². The van der Waals surface area contributed by atoms with Crippen molar-refractivity contribution in [2.75, 3.05) is 31.1 Å². The molecule has 0 saturated carbocycles. The van der Waals surface area contributed by atoms with Crippen LogP contribution in [0, 0.1) is 0 Å². The third kappa shape index (κ3) is 3.86. The van der Waals surface area contributed by atoms with E-state index in [9.17, 15) is 4.79 Å². The van der Waals surface area contributed by atoms with Gasteiger partial charge in [0.2, 0.25) is 5.95 Å². The van der Waals surface area contributed by atoms with Crippen molar-refractivity contribution in [2.24, 2.45) is 0 Å². The molecule has 0 bridgehead atoms. The summed E-state index contributed by atoms with van der Waals surface area (Å²) >= 11 is 0. The molecule has 3 fully saturated rings. The third-order valence-electron chi connectivity index (χ3n) is 5.84. The van der Waals surface area contributed by atoms with Gasteiger partial charge in [-0.25, -0.2) is 14.8 Å². The number of piperidine rings is 2. The highest BCUT2D eigenvalue weighted by atomic mass is 16.2. The lowest BCUT2D eigenvalue weighted by Gasteiger charge is -2.34. The van der Waals surface area contributed by atoms with Crippen LogP contribution in [-0.4, -0.2) is 65.2 Å². The summed E-state index contributed by atoms with van der Waals surface area (Å²) in [7, 11) is 0. The summed E-state index contributed by atoms with van der Waals surface area (Å²) in [4.78, 5) is 25.8. The van der Waals surface area contributed by atoms with E-state index in [4.69, 9.17) is 0 Å². The Labute approximate surface area is 149 Å². The molecule has 3 aliphatic rings. The van der Waals surface area contributed by atoms with Gasteiger partial charge in [-0.3, -0.25) is 4.90 Å². The number of aromatic nitrogens is 2. The molecule has 136 valence electrons. The van der Waals surface area contributed by atoms with Crippen molar-refractivity contribution >= 4 is 12.0 Å². The van der Waals surface area contributed by atoms with Gasteiger partial charge in [0.15, 0.2) is 0 Å². The smallest absolute Gasteiger partial charge is 0.315 e. The molecular weight excluding hydrogens is 316 g/mol. The van der Waals surface area contributed by atoms with Crippen molar-refractivity contribution in [3.63, 3.8) is 0 Å². The monoisotopic (exact) mass is 344 g/mol. The highest BCUT2D eigenvalue weighted by Gasteiger charge is 2.36. The summed E-state index contributed by atoms with van der Waals surface area (Å²) in [6.07, 6.45) is 10.3. The minimum atomic E-state index is 0.00633. The second-order valence-electron chi connectivity index (χ2n) is 7.42. The van der Waals surface area contributed by atoms with Crippen molar-refractivity contribution in [1.29, 1.82) is 0 Å². The van der Waals surface area contributed by atoms with Gasteiger partial charge in [0.05, 0.1) is 0 Å². The Morgan fingerprint density at radius 2 is 1.76 bits per heavy atom. The zero-order chi connectivity index (χ0) is 17.1. The van der Waals surface area contributed by atoms with Crippen molar-refractivity contribution in [1.82, 2.24) is 25.5 Å². The molecule has 4 rings (SSSR count). The SMILES string of the molecule is O=C(NC1CCN(c2ncccn2)CC1)N[C@H]1CCN2CCCC[C@H]12. The second kappa shape index (κ2) is 7.56. The van der Waals surface area contributed by atoms with Crippen LogP contribution in [0.4, 0.5) is 10.7 Å². The maximum atomic E-state index is 12.4. The molecule has 3 aliphatic heterocycles. The molecule has 4 heterocycles. The molecule has 1 aromatic heterocycles. The molecule has 0 spiro atoms. The summed E-state index contributed by atoms with van der Waals surface area (Å²) in [6, 6.07) is 2.95. The molecule has 25 heavy (non-hydrogen) atoms. The zero-order valence-electron chi connectivity index (χ0n) is 14.7. The van der Waals surface area contributed by atoms with Gasteiger partial charge in [-0.05, 0) is 44.7 Å². The van der Waals surface area contributed by atoms with Gasteiger partial charge in [-0.15, -0.1) is 0 Å². The summed E-state index contributed by atoms with van der Waals surface area (Å²) in [5, 5.41) is 6.42. The predicted molar refractivity (Wildman–Crippen MR) is 96.6 cm³/mol. The topological polar surface area (TPSA) is 73.4 Å². The number of fused-ring (bicyclic) bond motifs is 1. The van der Waals surface area contributed by atoms with E-state index in [0.717, 1.165) is 44.8 Å². The fraction of sp³-hybridized carbons (Fsp3) is 0.722. The number of carbonyl (C=O) groups excluding carboxylic acids is 1. The Morgan fingerprint density at radius 1 is 0.960 bits per heavy atom. The number of nitrogens with one attached hydrogen (secondary N) is 2. The first-order valence-electron chi connectivity index (χ1n) is 9.62. The highest BCUT2D eigenvalue weighted by molar-refractivity contribution is 5.74. The second-order valence-corrected chi connectivity index (χ2v) is 7.42. The molecule has 2 atom stereocenters. The average Bonchev–Trinajstić information content (AvgIpc) is 3.06. The summed E-state index contributed by atoms with van der Waals surface area (Å²) in [5.74, 6) is 0.786. The van der Waals surface area contributed by atoms with E-state index in [2.05, 4.69) is 30.4 Å².